The lowest BCUT2D eigenvalue weighted by atomic mass is 10.1. The number of fused-ring (bicyclic) bond motifs is 3. The second-order valence-electron chi connectivity index (χ2n) is 4.80. The van der Waals surface area contributed by atoms with Crippen molar-refractivity contribution >= 4 is 34.1 Å². The van der Waals surface area contributed by atoms with Crippen molar-refractivity contribution in [1.82, 2.24) is 24.3 Å². The van der Waals surface area contributed by atoms with Crippen LogP contribution in [0.3, 0.4) is 0 Å². The molecule has 0 saturated heterocycles. The van der Waals surface area contributed by atoms with Crippen molar-refractivity contribution in [3.8, 4) is 11.3 Å². The molecule has 0 spiro atoms. The molecule has 22 heavy (non-hydrogen) atoms. The van der Waals surface area contributed by atoms with Crippen LogP contribution in [-0.4, -0.2) is 24.3 Å². The maximum atomic E-state index is 6.16. The van der Waals surface area contributed by atoms with Crippen molar-refractivity contribution in [3.05, 3.63) is 36.8 Å². The molecule has 0 aliphatic carbocycles. The summed E-state index contributed by atoms with van der Waals surface area (Å²) in [5.74, 6) is 0.517. The molecule has 0 radical (unpaired) electrons. The Morgan fingerprint density at radius 3 is 2.45 bits per heavy atom. The standard InChI is InChI=1S/C14H12N8/c15-7-1-4-18-12-10(7)11(8-2-5-19-13(16)21-8)9-3-6-20-14(17)22(9)12/h1-6H,(H2,15,18)(H2,17,20)(H2,16,19,21). The highest BCUT2D eigenvalue weighted by Crippen LogP contribution is 2.37. The lowest BCUT2D eigenvalue weighted by Crippen LogP contribution is -2.00. The van der Waals surface area contributed by atoms with Crippen LogP contribution < -0.4 is 17.2 Å². The van der Waals surface area contributed by atoms with Gasteiger partial charge in [-0.2, -0.15) is 0 Å². The van der Waals surface area contributed by atoms with Crippen LogP contribution in [0.15, 0.2) is 36.8 Å². The molecule has 0 aliphatic rings. The zero-order valence-corrected chi connectivity index (χ0v) is 11.4. The Kier molecular flexibility index (Phi) is 2.40. The van der Waals surface area contributed by atoms with Crippen LogP contribution in [0.2, 0.25) is 0 Å². The number of nitrogens with two attached hydrogens (primary N) is 3. The fourth-order valence-electron chi connectivity index (χ4n) is 2.65. The SMILES string of the molecule is Nc1nccc(-c2c3c(N)ccnc3n3c(N)nccc23)n1. The van der Waals surface area contributed by atoms with Crippen molar-refractivity contribution in [1.29, 1.82) is 0 Å². The summed E-state index contributed by atoms with van der Waals surface area (Å²) >= 11 is 0. The summed E-state index contributed by atoms with van der Waals surface area (Å²) in [4.78, 5) is 16.7. The number of aromatic nitrogens is 5. The molecule has 8 heteroatoms. The Bertz CT molecular complexity index is 1020. The van der Waals surface area contributed by atoms with Crippen LogP contribution in [0.1, 0.15) is 0 Å². The number of pyridine rings is 1. The van der Waals surface area contributed by atoms with E-state index in [1.54, 1.807) is 35.1 Å². The lowest BCUT2D eigenvalue weighted by molar-refractivity contribution is 1.12. The van der Waals surface area contributed by atoms with Gasteiger partial charge in [0.25, 0.3) is 0 Å². The van der Waals surface area contributed by atoms with Crippen molar-refractivity contribution in [2.24, 2.45) is 0 Å². The highest BCUT2D eigenvalue weighted by Gasteiger charge is 2.19. The fourth-order valence-corrected chi connectivity index (χ4v) is 2.65. The van der Waals surface area contributed by atoms with E-state index in [9.17, 15) is 0 Å². The molecule has 0 amide bonds. The first-order valence-corrected chi connectivity index (χ1v) is 6.55. The molecule has 0 bridgehead atoms. The Morgan fingerprint density at radius 2 is 1.64 bits per heavy atom. The quantitative estimate of drug-likeness (QED) is 0.478. The summed E-state index contributed by atoms with van der Waals surface area (Å²) in [6.07, 6.45) is 4.87. The first kappa shape index (κ1) is 12.3. The third-order valence-electron chi connectivity index (χ3n) is 3.52. The first-order chi connectivity index (χ1) is 10.7. The predicted octanol–water partition coefficient (Wildman–Crippen LogP) is 1.09. The van der Waals surface area contributed by atoms with Gasteiger partial charge in [-0.25, -0.2) is 19.9 Å². The molecule has 0 aliphatic heterocycles. The largest absolute Gasteiger partial charge is 0.398 e. The van der Waals surface area contributed by atoms with E-state index in [4.69, 9.17) is 17.2 Å². The average molecular weight is 292 g/mol. The third-order valence-corrected chi connectivity index (χ3v) is 3.52. The molecule has 108 valence electrons. The Hall–Kier alpha value is -3.42. The highest BCUT2D eigenvalue weighted by molar-refractivity contribution is 6.09. The predicted molar refractivity (Wildman–Crippen MR) is 84.8 cm³/mol. The Balaban J connectivity index is 2.27. The van der Waals surface area contributed by atoms with Gasteiger partial charge in [0, 0.05) is 29.8 Å². The molecule has 8 nitrogen and oxygen atoms in total. The molecule has 0 fully saturated rings. The summed E-state index contributed by atoms with van der Waals surface area (Å²) in [5, 5.41) is 0.764. The topological polar surface area (TPSA) is 134 Å². The molecule has 4 aromatic rings. The molecule has 0 atom stereocenters. The molecule has 4 heterocycles. The summed E-state index contributed by atoms with van der Waals surface area (Å²) in [6, 6.07) is 5.35. The lowest BCUT2D eigenvalue weighted by Gasteiger charge is -2.02. The maximum absolute atomic E-state index is 6.16. The molecule has 0 saturated carbocycles. The van der Waals surface area contributed by atoms with Crippen molar-refractivity contribution in [2.75, 3.05) is 17.2 Å². The Morgan fingerprint density at radius 1 is 0.864 bits per heavy atom. The van der Waals surface area contributed by atoms with E-state index in [0.717, 1.165) is 16.5 Å². The first-order valence-electron chi connectivity index (χ1n) is 6.55. The number of anilines is 3. The molecule has 6 N–H and O–H groups in total. The maximum Gasteiger partial charge on any atom is 0.220 e. The van der Waals surface area contributed by atoms with Gasteiger partial charge in [-0.3, -0.25) is 4.40 Å². The fraction of sp³-hybridized carbons (Fsp3) is 0. The molecular formula is C14H12N8. The molecular weight excluding hydrogens is 280 g/mol. The van der Waals surface area contributed by atoms with Gasteiger partial charge in [-0.05, 0) is 18.2 Å². The second-order valence-corrected chi connectivity index (χ2v) is 4.80. The van der Waals surface area contributed by atoms with E-state index in [1.807, 2.05) is 6.07 Å². The molecule has 0 aromatic carbocycles. The van der Waals surface area contributed by atoms with E-state index in [-0.39, 0.29) is 5.95 Å². The zero-order valence-electron chi connectivity index (χ0n) is 11.4. The van der Waals surface area contributed by atoms with E-state index < -0.39 is 0 Å². The monoisotopic (exact) mass is 292 g/mol. The van der Waals surface area contributed by atoms with Gasteiger partial charge in [0.05, 0.1) is 16.6 Å². The molecule has 0 unspecified atom stereocenters. The smallest absolute Gasteiger partial charge is 0.220 e. The van der Waals surface area contributed by atoms with Crippen LogP contribution >= 0.6 is 0 Å². The van der Waals surface area contributed by atoms with Gasteiger partial charge in [0.2, 0.25) is 11.9 Å². The summed E-state index contributed by atoms with van der Waals surface area (Å²) < 4.78 is 1.75. The van der Waals surface area contributed by atoms with E-state index in [1.165, 1.54) is 0 Å². The van der Waals surface area contributed by atoms with Crippen molar-refractivity contribution in [3.63, 3.8) is 0 Å². The zero-order chi connectivity index (χ0) is 15.3. The van der Waals surface area contributed by atoms with Crippen LogP contribution in [0.25, 0.3) is 27.8 Å². The van der Waals surface area contributed by atoms with Gasteiger partial charge in [-0.1, -0.05) is 0 Å². The van der Waals surface area contributed by atoms with Crippen LogP contribution in [0, 0.1) is 0 Å². The van der Waals surface area contributed by atoms with E-state index in [2.05, 4.69) is 19.9 Å². The van der Waals surface area contributed by atoms with E-state index >= 15 is 0 Å². The van der Waals surface area contributed by atoms with E-state index in [0.29, 0.717) is 23.0 Å². The van der Waals surface area contributed by atoms with Crippen LogP contribution in [0.5, 0.6) is 0 Å². The third kappa shape index (κ3) is 1.57. The minimum atomic E-state index is 0.189. The summed E-state index contributed by atoms with van der Waals surface area (Å²) in [6.45, 7) is 0. The van der Waals surface area contributed by atoms with Crippen LogP contribution in [-0.2, 0) is 0 Å². The number of nitrogens with zero attached hydrogens (tertiary/aromatic N) is 5. The molecule has 4 aromatic heterocycles. The average Bonchev–Trinajstić information content (AvgIpc) is 2.84. The molecule has 4 rings (SSSR count). The second kappa shape index (κ2) is 4.29. The summed E-state index contributed by atoms with van der Waals surface area (Å²) in [7, 11) is 0. The highest BCUT2D eigenvalue weighted by atomic mass is 15.1. The van der Waals surface area contributed by atoms with Gasteiger partial charge in [-0.15, -0.1) is 0 Å². The van der Waals surface area contributed by atoms with Gasteiger partial charge < -0.3 is 17.2 Å². The Labute approximate surface area is 124 Å². The van der Waals surface area contributed by atoms with Gasteiger partial charge in [0.1, 0.15) is 5.65 Å². The minimum Gasteiger partial charge on any atom is -0.398 e. The number of rotatable bonds is 1. The summed E-state index contributed by atoms with van der Waals surface area (Å²) in [5.41, 5.74) is 21.4. The normalized spacial score (nSPS) is 11.3. The van der Waals surface area contributed by atoms with Crippen LogP contribution in [0.4, 0.5) is 17.6 Å². The van der Waals surface area contributed by atoms with Gasteiger partial charge in [0.15, 0.2) is 0 Å². The minimum absolute atomic E-state index is 0.189. The number of hydrogen-bond acceptors (Lipinski definition) is 7. The van der Waals surface area contributed by atoms with Crippen molar-refractivity contribution < 1.29 is 0 Å². The number of hydrogen-bond donors (Lipinski definition) is 3. The number of nitrogen functional groups attached to an aromatic ring is 3. The van der Waals surface area contributed by atoms with Crippen molar-refractivity contribution in [2.45, 2.75) is 0 Å². The van der Waals surface area contributed by atoms with Gasteiger partial charge >= 0.3 is 0 Å².